The Morgan fingerprint density at radius 3 is 2.48 bits per heavy atom. The number of nitrogens with one attached hydrogen (secondary N) is 1. The summed E-state index contributed by atoms with van der Waals surface area (Å²) in [6.07, 6.45) is 4.69. The molecule has 0 aliphatic heterocycles. The Morgan fingerprint density at radius 1 is 1.22 bits per heavy atom. The van der Waals surface area contributed by atoms with Gasteiger partial charge in [0.2, 0.25) is 0 Å². The molecule has 1 aromatic carbocycles. The summed E-state index contributed by atoms with van der Waals surface area (Å²) in [6.45, 7) is 7.01. The van der Waals surface area contributed by atoms with Gasteiger partial charge in [-0.15, -0.1) is 17.0 Å². The van der Waals surface area contributed by atoms with Gasteiger partial charge in [-0.1, -0.05) is 39.0 Å². The third-order valence-electron chi connectivity index (χ3n) is 3.72. The van der Waals surface area contributed by atoms with Gasteiger partial charge in [0.05, 0.1) is 6.54 Å². The van der Waals surface area contributed by atoms with Gasteiger partial charge in [-0.2, -0.15) is 0 Å². The number of aromatic nitrogens is 1. The molecule has 5 heteroatoms. The smallest absolute Gasteiger partial charge is 0.193 e. The van der Waals surface area contributed by atoms with E-state index < -0.39 is 0 Å². The molecule has 0 aliphatic rings. The number of guanidine groups is 1. The van der Waals surface area contributed by atoms with Crippen molar-refractivity contribution >= 4 is 28.6 Å². The number of nitrogens with two attached hydrogens (primary N) is 1. The highest BCUT2D eigenvalue weighted by atomic mass is 79.9. The maximum atomic E-state index is 5.98. The van der Waals surface area contributed by atoms with Gasteiger partial charge in [0.15, 0.2) is 5.96 Å². The van der Waals surface area contributed by atoms with Crippen LogP contribution in [0.15, 0.2) is 53.8 Å². The van der Waals surface area contributed by atoms with E-state index in [1.54, 1.807) is 6.20 Å². The molecule has 0 aliphatic carbocycles. The summed E-state index contributed by atoms with van der Waals surface area (Å²) >= 11 is 0. The highest BCUT2D eigenvalue weighted by molar-refractivity contribution is 8.93. The van der Waals surface area contributed by atoms with E-state index in [9.17, 15) is 0 Å². The summed E-state index contributed by atoms with van der Waals surface area (Å²) in [5, 5.41) is 3.13. The lowest BCUT2D eigenvalue weighted by molar-refractivity contribution is 0.538. The normalized spacial score (nSPS) is 11.7. The van der Waals surface area contributed by atoms with Gasteiger partial charge in [-0.25, -0.2) is 0 Å². The number of pyridine rings is 1. The molecule has 0 amide bonds. The number of hydrogen-bond donors (Lipinski definition) is 2. The van der Waals surface area contributed by atoms with E-state index in [4.69, 9.17) is 5.73 Å². The molecule has 0 spiro atoms. The van der Waals surface area contributed by atoms with E-state index in [-0.39, 0.29) is 22.4 Å². The second-order valence-electron chi connectivity index (χ2n) is 6.00. The maximum Gasteiger partial charge on any atom is 0.193 e. The number of nitrogens with zero attached hydrogens (tertiary/aromatic N) is 2. The molecule has 0 unspecified atom stereocenters. The lowest BCUT2D eigenvalue weighted by Gasteiger charge is -2.22. The molecule has 124 valence electrons. The van der Waals surface area contributed by atoms with E-state index in [0.29, 0.717) is 12.5 Å². The highest BCUT2D eigenvalue weighted by Crippen LogP contribution is 2.22. The van der Waals surface area contributed by atoms with E-state index in [1.165, 1.54) is 5.56 Å². The Morgan fingerprint density at radius 2 is 1.91 bits per heavy atom. The average Bonchev–Trinajstić information content (AvgIpc) is 2.55. The SMILES string of the molecule is Br.CCc1ccc(NC(N)=NCC(C)(C)c2cccnc2)cc1. The topological polar surface area (TPSA) is 63.3 Å². The van der Waals surface area contributed by atoms with Gasteiger partial charge in [-0.3, -0.25) is 9.98 Å². The first-order valence-electron chi connectivity index (χ1n) is 7.57. The summed E-state index contributed by atoms with van der Waals surface area (Å²) < 4.78 is 0. The van der Waals surface area contributed by atoms with Crippen LogP contribution in [0.4, 0.5) is 5.69 Å². The number of rotatable bonds is 5. The lowest BCUT2D eigenvalue weighted by atomic mass is 9.86. The van der Waals surface area contributed by atoms with Crippen molar-refractivity contribution in [2.24, 2.45) is 10.7 Å². The predicted molar refractivity (Wildman–Crippen MR) is 104 cm³/mol. The Bertz CT molecular complexity index is 621. The van der Waals surface area contributed by atoms with Crippen molar-refractivity contribution in [3.8, 4) is 0 Å². The van der Waals surface area contributed by atoms with Crippen LogP contribution in [-0.2, 0) is 11.8 Å². The molecule has 2 rings (SSSR count). The number of anilines is 1. The highest BCUT2D eigenvalue weighted by Gasteiger charge is 2.20. The van der Waals surface area contributed by atoms with E-state index in [0.717, 1.165) is 17.7 Å². The molecule has 2 aromatic rings. The van der Waals surface area contributed by atoms with Crippen LogP contribution in [0.5, 0.6) is 0 Å². The van der Waals surface area contributed by atoms with Crippen LogP contribution in [0.25, 0.3) is 0 Å². The fourth-order valence-corrected chi connectivity index (χ4v) is 2.15. The molecule has 23 heavy (non-hydrogen) atoms. The van der Waals surface area contributed by atoms with Crippen LogP contribution in [0, 0.1) is 0 Å². The summed E-state index contributed by atoms with van der Waals surface area (Å²) in [7, 11) is 0. The molecule has 3 N–H and O–H groups in total. The second kappa shape index (κ2) is 8.67. The minimum Gasteiger partial charge on any atom is -0.370 e. The lowest BCUT2D eigenvalue weighted by Crippen LogP contribution is -2.27. The van der Waals surface area contributed by atoms with Crippen LogP contribution in [-0.4, -0.2) is 17.5 Å². The first kappa shape index (κ1) is 19.2. The van der Waals surface area contributed by atoms with Crippen LogP contribution in [0.1, 0.15) is 31.9 Å². The monoisotopic (exact) mass is 376 g/mol. The Kier molecular flexibility index (Phi) is 7.23. The molecule has 0 fully saturated rings. The molecule has 1 heterocycles. The van der Waals surface area contributed by atoms with Gasteiger partial charge in [0, 0.05) is 23.5 Å². The average molecular weight is 377 g/mol. The molecule has 0 radical (unpaired) electrons. The fourth-order valence-electron chi connectivity index (χ4n) is 2.15. The third kappa shape index (κ3) is 5.67. The molecule has 1 aromatic heterocycles. The second-order valence-corrected chi connectivity index (χ2v) is 6.00. The number of benzene rings is 1. The zero-order valence-corrected chi connectivity index (χ0v) is 15.6. The zero-order valence-electron chi connectivity index (χ0n) is 13.9. The van der Waals surface area contributed by atoms with Crippen molar-refractivity contribution < 1.29 is 0 Å². The summed E-state index contributed by atoms with van der Waals surface area (Å²) in [5.74, 6) is 0.432. The number of halogens is 1. The summed E-state index contributed by atoms with van der Waals surface area (Å²) in [6, 6.07) is 12.2. The first-order chi connectivity index (χ1) is 10.5. The fraction of sp³-hybridized carbons (Fsp3) is 0.333. The van der Waals surface area contributed by atoms with E-state index in [2.05, 4.69) is 54.3 Å². The standard InChI is InChI=1S/C18H24N4.BrH/c1-4-14-7-9-16(10-8-14)22-17(19)21-13-18(2,3)15-6-5-11-20-12-15;/h5-12H,4,13H2,1-3H3,(H3,19,21,22);1H. The number of aliphatic imine (C=N–C) groups is 1. The summed E-state index contributed by atoms with van der Waals surface area (Å²) in [4.78, 5) is 8.63. The molecule has 0 bridgehead atoms. The Hall–Kier alpha value is -1.88. The molecule has 0 atom stereocenters. The van der Waals surface area contributed by atoms with Crippen molar-refractivity contribution in [2.45, 2.75) is 32.6 Å². The molecule has 0 saturated heterocycles. The van der Waals surface area contributed by atoms with Gasteiger partial charge >= 0.3 is 0 Å². The molecule has 0 saturated carbocycles. The van der Waals surface area contributed by atoms with Crippen molar-refractivity contribution in [2.75, 3.05) is 11.9 Å². The molecular formula is C18H25BrN4. The van der Waals surface area contributed by atoms with Gasteiger partial charge in [0.1, 0.15) is 0 Å². The quantitative estimate of drug-likeness (QED) is 0.613. The minimum absolute atomic E-state index is 0. The van der Waals surface area contributed by atoms with Gasteiger partial charge in [-0.05, 0) is 35.7 Å². The van der Waals surface area contributed by atoms with Crippen LogP contribution in [0.3, 0.4) is 0 Å². The van der Waals surface area contributed by atoms with Crippen LogP contribution >= 0.6 is 17.0 Å². The van der Waals surface area contributed by atoms with Crippen LogP contribution in [0.2, 0.25) is 0 Å². The third-order valence-corrected chi connectivity index (χ3v) is 3.72. The van der Waals surface area contributed by atoms with Crippen LogP contribution < -0.4 is 11.1 Å². The Labute approximate surface area is 149 Å². The van der Waals surface area contributed by atoms with Gasteiger partial charge < -0.3 is 11.1 Å². The van der Waals surface area contributed by atoms with Crippen molar-refractivity contribution in [1.29, 1.82) is 0 Å². The minimum atomic E-state index is -0.105. The van der Waals surface area contributed by atoms with Gasteiger partial charge in [0.25, 0.3) is 0 Å². The van der Waals surface area contributed by atoms with Crippen molar-refractivity contribution in [1.82, 2.24) is 4.98 Å². The molecular weight excluding hydrogens is 352 g/mol. The predicted octanol–water partition coefficient (Wildman–Crippen LogP) is 3.93. The van der Waals surface area contributed by atoms with E-state index in [1.807, 2.05) is 24.4 Å². The zero-order chi connectivity index (χ0) is 16.0. The number of hydrogen-bond acceptors (Lipinski definition) is 2. The van der Waals surface area contributed by atoms with E-state index >= 15 is 0 Å². The maximum absolute atomic E-state index is 5.98. The summed E-state index contributed by atoms with van der Waals surface area (Å²) in [5.41, 5.74) is 9.29. The largest absolute Gasteiger partial charge is 0.370 e. The van der Waals surface area contributed by atoms with Crippen molar-refractivity contribution in [3.63, 3.8) is 0 Å². The Balaban J connectivity index is 0.00000264. The number of aryl methyl sites for hydroxylation is 1. The molecule has 4 nitrogen and oxygen atoms in total. The first-order valence-corrected chi connectivity index (χ1v) is 7.57. The van der Waals surface area contributed by atoms with Crippen molar-refractivity contribution in [3.05, 3.63) is 59.9 Å².